The van der Waals surface area contributed by atoms with Crippen molar-refractivity contribution in [2.24, 2.45) is 0 Å². The average Bonchev–Trinajstić information content (AvgIpc) is 2.73. The molecule has 0 atom stereocenters. The number of anilines is 1. The summed E-state index contributed by atoms with van der Waals surface area (Å²) in [7, 11) is 3.52. The number of pyridine rings is 1. The minimum atomic E-state index is -0.335. The van der Waals surface area contributed by atoms with Gasteiger partial charge >= 0.3 is 5.97 Å². The molecular weight excluding hydrogens is 380 g/mol. The molecule has 1 amide bonds. The molecular formula is C23H30N4O3. The van der Waals surface area contributed by atoms with Crippen LogP contribution < -0.4 is 4.90 Å². The van der Waals surface area contributed by atoms with E-state index in [-0.39, 0.29) is 18.0 Å². The zero-order chi connectivity index (χ0) is 21.7. The summed E-state index contributed by atoms with van der Waals surface area (Å²) in [5, 5.41) is 0. The van der Waals surface area contributed by atoms with Crippen LogP contribution in [0.5, 0.6) is 0 Å². The van der Waals surface area contributed by atoms with Crippen molar-refractivity contribution in [2.75, 3.05) is 45.2 Å². The summed E-state index contributed by atoms with van der Waals surface area (Å²) >= 11 is 0. The SMILES string of the molecule is CC(C)OC(=O)c1cccnc1N1CCN(Cc2cccc(C(=O)N(C)C)c2)CC1. The minimum Gasteiger partial charge on any atom is -0.459 e. The lowest BCUT2D eigenvalue weighted by Gasteiger charge is -2.36. The summed E-state index contributed by atoms with van der Waals surface area (Å²) < 4.78 is 5.37. The second kappa shape index (κ2) is 9.71. The third kappa shape index (κ3) is 5.36. The Labute approximate surface area is 178 Å². The van der Waals surface area contributed by atoms with E-state index in [9.17, 15) is 9.59 Å². The monoisotopic (exact) mass is 410 g/mol. The van der Waals surface area contributed by atoms with Crippen molar-refractivity contribution < 1.29 is 14.3 Å². The predicted octanol–water partition coefficient (Wildman–Crippen LogP) is 2.67. The third-order valence-corrected chi connectivity index (χ3v) is 5.01. The third-order valence-electron chi connectivity index (χ3n) is 5.01. The van der Waals surface area contributed by atoms with Crippen molar-refractivity contribution >= 4 is 17.7 Å². The predicted molar refractivity (Wildman–Crippen MR) is 117 cm³/mol. The van der Waals surface area contributed by atoms with Gasteiger partial charge in [0.2, 0.25) is 0 Å². The lowest BCUT2D eigenvalue weighted by atomic mass is 10.1. The van der Waals surface area contributed by atoms with Gasteiger partial charge in [-0.25, -0.2) is 9.78 Å². The van der Waals surface area contributed by atoms with E-state index in [4.69, 9.17) is 4.74 Å². The molecule has 7 heteroatoms. The molecule has 1 aliphatic rings. The van der Waals surface area contributed by atoms with Crippen molar-refractivity contribution in [1.29, 1.82) is 0 Å². The molecule has 3 rings (SSSR count). The first kappa shape index (κ1) is 21.8. The quantitative estimate of drug-likeness (QED) is 0.682. The van der Waals surface area contributed by atoms with Crippen molar-refractivity contribution in [3.63, 3.8) is 0 Å². The normalized spacial score (nSPS) is 14.6. The van der Waals surface area contributed by atoms with E-state index in [1.54, 1.807) is 37.3 Å². The highest BCUT2D eigenvalue weighted by Gasteiger charge is 2.24. The Balaban J connectivity index is 1.63. The highest BCUT2D eigenvalue weighted by molar-refractivity contribution is 5.95. The second-order valence-corrected chi connectivity index (χ2v) is 7.99. The molecule has 1 saturated heterocycles. The van der Waals surface area contributed by atoms with Gasteiger partial charge in [0.25, 0.3) is 5.91 Å². The Morgan fingerprint density at radius 3 is 2.50 bits per heavy atom. The molecule has 0 unspecified atom stereocenters. The van der Waals surface area contributed by atoms with E-state index in [1.165, 1.54) is 0 Å². The first-order valence-corrected chi connectivity index (χ1v) is 10.3. The molecule has 0 aliphatic carbocycles. The van der Waals surface area contributed by atoms with Crippen LogP contribution in [0.4, 0.5) is 5.82 Å². The fourth-order valence-corrected chi connectivity index (χ4v) is 3.52. The number of amides is 1. The molecule has 160 valence electrons. The van der Waals surface area contributed by atoms with E-state index in [2.05, 4.69) is 20.9 Å². The molecule has 2 aromatic rings. The van der Waals surface area contributed by atoms with Gasteiger partial charge in [-0.05, 0) is 43.7 Å². The summed E-state index contributed by atoms with van der Waals surface area (Å²) in [5.74, 6) is 0.358. The van der Waals surface area contributed by atoms with Crippen LogP contribution >= 0.6 is 0 Å². The van der Waals surface area contributed by atoms with Crippen LogP contribution in [-0.2, 0) is 11.3 Å². The minimum absolute atomic E-state index is 0.0117. The Bertz CT molecular complexity index is 890. The first-order chi connectivity index (χ1) is 14.3. The zero-order valence-corrected chi connectivity index (χ0v) is 18.2. The van der Waals surface area contributed by atoms with Crippen LogP contribution in [0.25, 0.3) is 0 Å². The maximum atomic E-state index is 12.4. The molecule has 30 heavy (non-hydrogen) atoms. The van der Waals surface area contributed by atoms with E-state index < -0.39 is 0 Å². The van der Waals surface area contributed by atoms with Gasteiger partial charge in [0.15, 0.2) is 0 Å². The fraction of sp³-hybridized carbons (Fsp3) is 0.435. The maximum absolute atomic E-state index is 12.4. The summed E-state index contributed by atoms with van der Waals surface area (Å²) in [6, 6.07) is 11.3. The lowest BCUT2D eigenvalue weighted by molar-refractivity contribution is 0.0378. The van der Waals surface area contributed by atoms with Gasteiger partial charge in [0.1, 0.15) is 11.4 Å². The Morgan fingerprint density at radius 1 is 1.10 bits per heavy atom. The first-order valence-electron chi connectivity index (χ1n) is 10.3. The van der Waals surface area contributed by atoms with Crippen LogP contribution in [-0.4, -0.2) is 73.0 Å². The standard InChI is InChI=1S/C23H30N4O3/c1-17(2)30-23(29)20-9-6-10-24-21(20)27-13-11-26(12-14-27)16-18-7-5-8-19(15-18)22(28)25(3)4/h5-10,15,17H,11-14,16H2,1-4H3. The number of benzene rings is 1. The van der Waals surface area contributed by atoms with Gasteiger partial charge in [-0.15, -0.1) is 0 Å². The largest absolute Gasteiger partial charge is 0.459 e. The molecule has 0 spiro atoms. The van der Waals surface area contributed by atoms with E-state index >= 15 is 0 Å². The highest BCUT2D eigenvalue weighted by Crippen LogP contribution is 2.21. The molecule has 0 saturated carbocycles. The molecule has 7 nitrogen and oxygen atoms in total. The molecule has 0 N–H and O–H groups in total. The smallest absolute Gasteiger partial charge is 0.342 e. The average molecular weight is 411 g/mol. The molecule has 0 radical (unpaired) electrons. The van der Waals surface area contributed by atoms with E-state index in [0.29, 0.717) is 16.9 Å². The highest BCUT2D eigenvalue weighted by atomic mass is 16.5. The summed E-state index contributed by atoms with van der Waals surface area (Å²) in [6.45, 7) is 7.71. The van der Waals surface area contributed by atoms with Crippen LogP contribution in [0.15, 0.2) is 42.6 Å². The fourth-order valence-electron chi connectivity index (χ4n) is 3.52. The van der Waals surface area contributed by atoms with Crippen LogP contribution in [0.1, 0.15) is 40.1 Å². The van der Waals surface area contributed by atoms with Crippen molar-refractivity contribution in [2.45, 2.75) is 26.5 Å². The van der Waals surface area contributed by atoms with Crippen molar-refractivity contribution in [3.05, 3.63) is 59.3 Å². The number of piperazine rings is 1. The number of rotatable bonds is 6. The van der Waals surface area contributed by atoms with Gasteiger partial charge in [-0.1, -0.05) is 12.1 Å². The Morgan fingerprint density at radius 2 is 1.83 bits per heavy atom. The Kier molecular flexibility index (Phi) is 7.05. The summed E-state index contributed by atoms with van der Waals surface area (Å²) in [4.78, 5) is 35.2. The number of aromatic nitrogens is 1. The van der Waals surface area contributed by atoms with Gasteiger partial charge in [0, 0.05) is 58.6 Å². The van der Waals surface area contributed by atoms with Crippen LogP contribution in [0.2, 0.25) is 0 Å². The van der Waals surface area contributed by atoms with Crippen molar-refractivity contribution in [1.82, 2.24) is 14.8 Å². The second-order valence-electron chi connectivity index (χ2n) is 7.99. The number of carbonyl (C=O) groups is 2. The van der Waals surface area contributed by atoms with Gasteiger partial charge < -0.3 is 14.5 Å². The van der Waals surface area contributed by atoms with Crippen molar-refractivity contribution in [3.8, 4) is 0 Å². The summed E-state index contributed by atoms with van der Waals surface area (Å²) in [6.07, 6.45) is 1.54. The zero-order valence-electron chi connectivity index (χ0n) is 18.2. The number of hydrogen-bond acceptors (Lipinski definition) is 6. The van der Waals surface area contributed by atoms with Gasteiger partial charge in [0.05, 0.1) is 6.10 Å². The van der Waals surface area contributed by atoms with Gasteiger partial charge in [-0.2, -0.15) is 0 Å². The topological polar surface area (TPSA) is 66.0 Å². The number of carbonyl (C=O) groups excluding carboxylic acids is 2. The molecule has 0 bridgehead atoms. The molecule has 1 aromatic heterocycles. The number of esters is 1. The molecule has 2 heterocycles. The lowest BCUT2D eigenvalue weighted by Crippen LogP contribution is -2.46. The van der Waals surface area contributed by atoms with Crippen LogP contribution in [0, 0.1) is 0 Å². The maximum Gasteiger partial charge on any atom is 0.342 e. The van der Waals surface area contributed by atoms with Crippen LogP contribution in [0.3, 0.4) is 0 Å². The number of ether oxygens (including phenoxy) is 1. The number of nitrogens with zero attached hydrogens (tertiary/aromatic N) is 4. The van der Waals surface area contributed by atoms with E-state index in [0.717, 1.165) is 38.3 Å². The molecule has 1 aromatic carbocycles. The Hall–Kier alpha value is -2.93. The molecule has 1 aliphatic heterocycles. The van der Waals surface area contributed by atoms with Gasteiger partial charge in [-0.3, -0.25) is 9.69 Å². The summed E-state index contributed by atoms with van der Waals surface area (Å²) in [5.41, 5.74) is 2.34. The van der Waals surface area contributed by atoms with E-state index in [1.807, 2.05) is 32.0 Å². The number of hydrogen-bond donors (Lipinski definition) is 0. The molecule has 1 fully saturated rings.